The molecular weight excluding hydrogens is 518 g/mol. The number of carboxylic acid groups (broad SMARTS) is 1. The van der Waals surface area contributed by atoms with Gasteiger partial charge in [-0.05, 0) is 108 Å². The average molecular weight is 558 g/mol. The van der Waals surface area contributed by atoms with E-state index in [0.717, 1.165) is 28.2 Å². The highest BCUT2D eigenvalue weighted by atomic mass is 16.6. The molecule has 1 atom stereocenters. The van der Waals surface area contributed by atoms with Gasteiger partial charge in [0.15, 0.2) is 5.41 Å². The molecule has 1 N–H and O–H groups in total. The fraction of sp³-hybridized carbons (Fsp3) is 0.382. The molecule has 0 radical (unpaired) electrons. The van der Waals surface area contributed by atoms with Crippen molar-refractivity contribution in [2.24, 2.45) is 5.41 Å². The molecule has 1 aliphatic rings. The lowest BCUT2D eigenvalue weighted by Crippen LogP contribution is -2.50. The Balaban J connectivity index is 1.86. The van der Waals surface area contributed by atoms with Gasteiger partial charge in [-0.1, -0.05) is 42.5 Å². The highest BCUT2D eigenvalue weighted by molar-refractivity contribution is 6.01. The number of carbonyl (C=O) groups excluding carboxylic acids is 2. The Morgan fingerprint density at radius 1 is 0.780 bits per heavy atom. The smallest absolute Gasteiger partial charge is 0.324 e. The lowest BCUT2D eigenvalue weighted by atomic mass is 9.65. The molecule has 0 saturated carbocycles. The van der Waals surface area contributed by atoms with Crippen LogP contribution in [-0.2, 0) is 30.3 Å². The number of fused-ring (bicyclic) bond motifs is 1. The fourth-order valence-corrected chi connectivity index (χ4v) is 5.33. The first-order chi connectivity index (χ1) is 19.2. The molecule has 0 spiro atoms. The maximum absolute atomic E-state index is 13.8. The van der Waals surface area contributed by atoms with Crippen LogP contribution in [0.1, 0.15) is 71.4 Å². The summed E-state index contributed by atoms with van der Waals surface area (Å²) in [6, 6.07) is 25.6. The molecule has 216 valence electrons. The Morgan fingerprint density at radius 3 is 1.71 bits per heavy atom. The van der Waals surface area contributed by atoms with Crippen LogP contribution < -0.4 is 4.90 Å². The van der Waals surface area contributed by atoms with Crippen molar-refractivity contribution < 1.29 is 29.0 Å². The van der Waals surface area contributed by atoms with Crippen molar-refractivity contribution in [3.63, 3.8) is 0 Å². The van der Waals surface area contributed by atoms with E-state index in [4.69, 9.17) is 9.47 Å². The number of hydrogen-bond acceptors (Lipinski definition) is 6. The zero-order chi connectivity index (χ0) is 30.0. The van der Waals surface area contributed by atoms with Gasteiger partial charge in [-0.15, -0.1) is 0 Å². The minimum absolute atomic E-state index is 0.0315. The SMILES string of the molecule is CC(C)(C)OC(=O)C1(C(=O)OC(C)(C)C)Cc2ccc(N(c3ccccc3)c3ccccc3)cc2C(CC(=O)O)C1. The Morgan fingerprint density at radius 2 is 1.27 bits per heavy atom. The lowest BCUT2D eigenvalue weighted by molar-refractivity contribution is -0.187. The van der Waals surface area contributed by atoms with Crippen LogP contribution >= 0.6 is 0 Å². The molecule has 1 aliphatic carbocycles. The number of ether oxygens (including phenoxy) is 2. The lowest BCUT2D eigenvalue weighted by Gasteiger charge is -2.41. The third kappa shape index (κ3) is 6.96. The first kappa shape index (κ1) is 29.8. The molecule has 0 bridgehead atoms. The van der Waals surface area contributed by atoms with Crippen molar-refractivity contribution >= 4 is 35.0 Å². The van der Waals surface area contributed by atoms with Gasteiger partial charge in [0, 0.05) is 17.1 Å². The van der Waals surface area contributed by atoms with Crippen molar-refractivity contribution in [1.82, 2.24) is 0 Å². The van der Waals surface area contributed by atoms with Gasteiger partial charge in [-0.2, -0.15) is 0 Å². The fourth-order valence-electron chi connectivity index (χ4n) is 5.33. The minimum Gasteiger partial charge on any atom is -0.481 e. The van der Waals surface area contributed by atoms with Gasteiger partial charge in [0.1, 0.15) is 11.2 Å². The number of para-hydroxylation sites is 2. The molecule has 3 aromatic rings. The Kier molecular flexibility index (Phi) is 8.29. The second-order valence-electron chi connectivity index (χ2n) is 12.7. The summed E-state index contributed by atoms with van der Waals surface area (Å²) < 4.78 is 11.5. The van der Waals surface area contributed by atoms with Crippen molar-refractivity contribution in [3.8, 4) is 0 Å². The van der Waals surface area contributed by atoms with Gasteiger partial charge in [0.2, 0.25) is 0 Å². The van der Waals surface area contributed by atoms with E-state index >= 15 is 0 Å². The maximum atomic E-state index is 13.8. The number of anilines is 3. The van der Waals surface area contributed by atoms with Crippen LogP contribution in [0.2, 0.25) is 0 Å². The van der Waals surface area contributed by atoms with E-state index in [1.165, 1.54) is 0 Å². The molecular formula is C34H39NO6. The number of nitrogens with zero attached hydrogens (tertiary/aromatic N) is 1. The summed E-state index contributed by atoms with van der Waals surface area (Å²) in [5.41, 5.74) is 0.900. The van der Waals surface area contributed by atoms with Crippen LogP contribution in [0.4, 0.5) is 17.1 Å². The third-order valence-electron chi connectivity index (χ3n) is 6.94. The number of rotatable bonds is 7. The normalized spacial score (nSPS) is 16.3. The summed E-state index contributed by atoms with van der Waals surface area (Å²) in [6.45, 7) is 10.5. The van der Waals surface area contributed by atoms with Crippen LogP contribution in [0.25, 0.3) is 0 Å². The van der Waals surface area contributed by atoms with Crippen molar-refractivity contribution in [2.45, 2.75) is 77.9 Å². The number of benzene rings is 3. The van der Waals surface area contributed by atoms with E-state index in [9.17, 15) is 19.5 Å². The van der Waals surface area contributed by atoms with E-state index in [2.05, 4.69) is 4.90 Å². The van der Waals surface area contributed by atoms with E-state index in [0.29, 0.717) is 0 Å². The predicted molar refractivity (Wildman–Crippen MR) is 159 cm³/mol. The first-order valence-electron chi connectivity index (χ1n) is 13.9. The average Bonchev–Trinajstić information content (AvgIpc) is 2.88. The van der Waals surface area contributed by atoms with Crippen molar-refractivity contribution in [3.05, 3.63) is 90.0 Å². The van der Waals surface area contributed by atoms with Gasteiger partial charge in [0.25, 0.3) is 0 Å². The quantitative estimate of drug-likeness (QED) is 0.240. The minimum atomic E-state index is -1.67. The number of aliphatic carboxylic acids is 1. The van der Waals surface area contributed by atoms with Gasteiger partial charge in [-0.25, -0.2) is 0 Å². The van der Waals surface area contributed by atoms with E-state index < -0.39 is 40.4 Å². The summed E-state index contributed by atoms with van der Waals surface area (Å²) in [6.07, 6.45) is -0.226. The van der Waals surface area contributed by atoms with E-state index in [1.54, 1.807) is 41.5 Å². The maximum Gasteiger partial charge on any atom is 0.324 e. The highest BCUT2D eigenvalue weighted by Gasteiger charge is 2.55. The van der Waals surface area contributed by atoms with Gasteiger partial charge in [0.05, 0.1) is 6.42 Å². The Bertz CT molecular complexity index is 1340. The molecule has 0 amide bonds. The molecule has 0 fully saturated rings. The first-order valence-corrected chi connectivity index (χ1v) is 13.9. The zero-order valence-corrected chi connectivity index (χ0v) is 24.6. The van der Waals surface area contributed by atoms with Crippen LogP contribution in [0.5, 0.6) is 0 Å². The Labute approximate surface area is 242 Å². The van der Waals surface area contributed by atoms with Crippen molar-refractivity contribution in [1.29, 1.82) is 0 Å². The predicted octanol–water partition coefficient (Wildman–Crippen LogP) is 7.33. The molecule has 41 heavy (non-hydrogen) atoms. The molecule has 0 saturated heterocycles. The molecule has 7 heteroatoms. The largest absolute Gasteiger partial charge is 0.481 e. The van der Waals surface area contributed by atoms with Crippen LogP contribution in [0.3, 0.4) is 0 Å². The number of carboxylic acids is 1. The summed E-state index contributed by atoms with van der Waals surface area (Å²) in [7, 11) is 0. The monoisotopic (exact) mass is 557 g/mol. The summed E-state index contributed by atoms with van der Waals surface area (Å²) >= 11 is 0. The molecule has 1 unspecified atom stereocenters. The summed E-state index contributed by atoms with van der Waals surface area (Å²) in [5, 5.41) is 9.90. The second-order valence-corrected chi connectivity index (χ2v) is 12.7. The molecule has 0 heterocycles. The van der Waals surface area contributed by atoms with Crippen LogP contribution in [0.15, 0.2) is 78.9 Å². The second kappa shape index (κ2) is 11.4. The number of hydrogen-bond donors (Lipinski definition) is 1. The third-order valence-corrected chi connectivity index (χ3v) is 6.94. The van der Waals surface area contributed by atoms with Crippen molar-refractivity contribution in [2.75, 3.05) is 4.90 Å². The number of carbonyl (C=O) groups is 3. The van der Waals surface area contributed by atoms with Gasteiger partial charge in [-0.3, -0.25) is 14.4 Å². The van der Waals surface area contributed by atoms with Gasteiger partial charge >= 0.3 is 17.9 Å². The standard InChI is InChI=1S/C34H39NO6/c1-32(2,3)40-30(38)34(31(39)41-33(4,5)6)21-23-17-18-27(20-28(23)24(22-34)19-29(36)37)35(25-13-9-7-10-14-25)26-15-11-8-12-16-26/h7-18,20,24H,19,21-22H2,1-6H3,(H,36,37). The van der Waals surface area contributed by atoms with E-state index in [-0.39, 0.29) is 19.3 Å². The molecule has 0 aliphatic heterocycles. The summed E-state index contributed by atoms with van der Waals surface area (Å²) in [4.78, 5) is 41.7. The Hall–Kier alpha value is -4.13. The van der Waals surface area contributed by atoms with E-state index in [1.807, 2.05) is 78.9 Å². The molecule has 3 aromatic carbocycles. The topological polar surface area (TPSA) is 93.1 Å². The van der Waals surface area contributed by atoms with Crippen LogP contribution in [0, 0.1) is 5.41 Å². The number of esters is 2. The molecule has 4 rings (SSSR count). The molecule has 0 aromatic heterocycles. The highest BCUT2D eigenvalue weighted by Crippen LogP contribution is 2.48. The summed E-state index contributed by atoms with van der Waals surface area (Å²) in [5.74, 6) is -3.03. The zero-order valence-electron chi connectivity index (χ0n) is 24.6. The van der Waals surface area contributed by atoms with Crippen LogP contribution in [-0.4, -0.2) is 34.2 Å². The van der Waals surface area contributed by atoms with Gasteiger partial charge < -0.3 is 19.5 Å². The molecule has 7 nitrogen and oxygen atoms in total.